The molecule has 1 aliphatic heterocycles. The van der Waals surface area contributed by atoms with Gasteiger partial charge >= 0.3 is 0 Å². The van der Waals surface area contributed by atoms with Crippen molar-refractivity contribution < 1.29 is 0 Å². The van der Waals surface area contributed by atoms with Crippen LogP contribution in [0.3, 0.4) is 0 Å². The van der Waals surface area contributed by atoms with E-state index >= 15 is 0 Å². The molecule has 0 aromatic heterocycles. The fourth-order valence-corrected chi connectivity index (χ4v) is 2.38. The molecule has 0 unspecified atom stereocenters. The minimum Gasteiger partial charge on any atom is -0.300 e. The standard InChI is InChI=1S/C9H17N/c1-2-6-9(5-1)10-7-3-4-8-10/h9H,1-8H2. The molecular formula is C9H17N. The van der Waals surface area contributed by atoms with Crippen molar-refractivity contribution in [1.82, 2.24) is 4.90 Å². The number of nitrogens with zero attached hydrogens (tertiary/aromatic N) is 1. The molecule has 1 saturated carbocycles. The zero-order chi connectivity index (χ0) is 6.81. The lowest BCUT2D eigenvalue weighted by molar-refractivity contribution is 0.246. The lowest BCUT2D eigenvalue weighted by atomic mass is 10.2. The first-order valence-corrected chi connectivity index (χ1v) is 4.71. The molecule has 0 bridgehead atoms. The average molecular weight is 139 g/mol. The van der Waals surface area contributed by atoms with E-state index in [-0.39, 0.29) is 0 Å². The monoisotopic (exact) mass is 139 g/mol. The summed E-state index contributed by atoms with van der Waals surface area (Å²) < 4.78 is 0. The SMILES string of the molecule is C1CCC(N2CCCC2)C1. The molecule has 0 amide bonds. The Bertz CT molecular complexity index is 85.3. The Balaban J connectivity index is 1.85. The van der Waals surface area contributed by atoms with Crippen LogP contribution in [0.4, 0.5) is 0 Å². The molecule has 1 saturated heterocycles. The summed E-state index contributed by atoms with van der Waals surface area (Å²) in [6.45, 7) is 2.79. The maximum Gasteiger partial charge on any atom is 0.00952 e. The van der Waals surface area contributed by atoms with Gasteiger partial charge in [-0.25, -0.2) is 0 Å². The Labute approximate surface area is 63.4 Å². The third kappa shape index (κ3) is 1.20. The van der Waals surface area contributed by atoms with E-state index < -0.39 is 0 Å². The van der Waals surface area contributed by atoms with Gasteiger partial charge in [0.25, 0.3) is 0 Å². The van der Waals surface area contributed by atoms with Gasteiger partial charge in [0.05, 0.1) is 0 Å². The molecule has 1 heterocycles. The maximum atomic E-state index is 2.70. The first-order chi connectivity index (χ1) is 4.97. The van der Waals surface area contributed by atoms with Gasteiger partial charge in [-0.2, -0.15) is 0 Å². The molecule has 0 spiro atoms. The van der Waals surface area contributed by atoms with E-state index in [1.165, 1.54) is 51.6 Å². The second-order valence-electron chi connectivity index (χ2n) is 3.68. The van der Waals surface area contributed by atoms with Gasteiger partial charge in [-0.15, -0.1) is 0 Å². The number of hydrogen-bond acceptors (Lipinski definition) is 1. The van der Waals surface area contributed by atoms with Crippen LogP contribution in [0.5, 0.6) is 0 Å². The van der Waals surface area contributed by atoms with E-state index in [1.54, 1.807) is 0 Å². The lowest BCUT2D eigenvalue weighted by Crippen LogP contribution is -2.29. The smallest absolute Gasteiger partial charge is 0.00952 e. The van der Waals surface area contributed by atoms with Crippen LogP contribution in [0.25, 0.3) is 0 Å². The van der Waals surface area contributed by atoms with Crippen molar-refractivity contribution in [2.24, 2.45) is 0 Å². The third-order valence-corrected chi connectivity index (χ3v) is 2.98. The topological polar surface area (TPSA) is 3.24 Å². The summed E-state index contributed by atoms with van der Waals surface area (Å²) in [5.74, 6) is 0. The van der Waals surface area contributed by atoms with Crippen LogP contribution < -0.4 is 0 Å². The lowest BCUT2D eigenvalue weighted by Gasteiger charge is -2.22. The molecule has 0 aromatic rings. The highest BCUT2D eigenvalue weighted by Gasteiger charge is 2.24. The highest BCUT2D eigenvalue weighted by Crippen LogP contribution is 2.25. The molecule has 1 heteroatoms. The van der Waals surface area contributed by atoms with Gasteiger partial charge in [0.2, 0.25) is 0 Å². The van der Waals surface area contributed by atoms with Gasteiger partial charge in [0.15, 0.2) is 0 Å². The van der Waals surface area contributed by atoms with Crippen molar-refractivity contribution in [1.29, 1.82) is 0 Å². The van der Waals surface area contributed by atoms with Crippen LogP contribution in [-0.4, -0.2) is 24.0 Å². The molecule has 1 aliphatic carbocycles. The molecule has 58 valence electrons. The molecule has 2 rings (SSSR count). The molecule has 2 fully saturated rings. The van der Waals surface area contributed by atoms with E-state index in [0.29, 0.717) is 0 Å². The highest BCUT2D eigenvalue weighted by atomic mass is 15.2. The van der Waals surface area contributed by atoms with Gasteiger partial charge in [-0.3, -0.25) is 0 Å². The molecular weight excluding hydrogens is 122 g/mol. The zero-order valence-corrected chi connectivity index (χ0v) is 6.68. The van der Waals surface area contributed by atoms with Crippen LogP contribution in [0.2, 0.25) is 0 Å². The summed E-state index contributed by atoms with van der Waals surface area (Å²) in [7, 11) is 0. The molecule has 2 aliphatic rings. The van der Waals surface area contributed by atoms with E-state index in [9.17, 15) is 0 Å². The molecule has 1 nitrogen and oxygen atoms in total. The third-order valence-electron chi connectivity index (χ3n) is 2.98. The molecule has 10 heavy (non-hydrogen) atoms. The Morgan fingerprint density at radius 2 is 1.40 bits per heavy atom. The minimum absolute atomic E-state index is 0.988. The molecule has 0 atom stereocenters. The first kappa shape index (κ1) is 6.66. The zero-order valence-electron chi connectivity index (χ0n) is 6.68. The Kier molecular flexibility index (Phi) is 1.94. The van der Waals surface area contributed by atoms with Crippen LogP contribution in [0.1, 0.15) is 38.5 Å². The van der Waals surface area contributed by atoms with Crippen molar-refractivity contribution in [3.05, 3.63) is 0 Å². The fraction of sp³-hybridized carbons (Fsp3) is 1.00. The predicted octanol–water partition coefficient (Wildman–Crippen LogP) is 2.02. The largest absolute Gasteiger partial charge is 0.300 e. The van der Waals surface area contributed by atoms with Crippen LogP contribution in [0.15, 0.2) is 0 Å². The quantitative estimate of drug-likeness (QED) is 0.537. The predicted molar refractivity (Wildman–Crippen MR) is 43.1 cm³/mol. The van der Waals surface area contributed by atoms with Crippen molar-refractivity contribution in [2.45, 2.75) is 44.6 Å². The van der Waals surface area contributed by atoms with Gasteiger partial charge in [-0.1, -0.05) is 12.8 Å². The molecule has 0 aromatic carbocycles. The Hall–Kier alpha value is -0.0400. The summed E-state index contributed by atoms with van der Waals surface area (Å²) >= 11 is 0. The van der Waals surface area contributed by atoms with Crippen LogP contribution in [-0.2, 0) is 0 Å². The number of likely N-dealkylation sites (tertiary alicyclic amines) is 1. The second-order valence-corrected chi connectivity index (χ2v) is 3.68. The average Bonchev–Trinajstić information content (AvgIpc) is 2.59. The maximum absolute atomic E-state index is 2.70. The summed E-state index contributed by atoms with van der Waals surface area (Å²) in [6.07, 6.45) is 8.86. The minimum atomic E-state index is 0.988. The van der Waals surface area contributed by atoms with Gasteiger partial charge < -0.3 is 4.90 Å². The summed E-state index contributed by atoms with van der Waals surface area (Å²) in [5.41, 5.74) is 0. The highest BCUT2D eigenvalue weighted by molar-refractivity contribution is 4.80. The summed E-state index contributed by atoms with van der Waals surface area (Å²) in [6, 6.07) is 0.988. The Morgan fingerprint density at radius 3 is 2.00 bits per heavy atom. The number of hydrogen-bond donors (Lipinski definition) is 0. The van der Waals surface area contributed by atoms with Crippen LogP contribution >= 0.6 is 0 Å². The molecule has 0 N–H and O–H groups in total. The van der Waals surface area contributed by atoms with E-state index in [0.717, 1.165) is 6.04 Å². The molecule has 0 radical (unpaired) electrons. The normalized spacial score (nSPS) is 30.0. The fourth-order valence-electron chi connectivity index (χ4n) is 2.38. The van der Waals surface area contributed by atoms with Crippen molar-refractivity contribution >= 4 is 0 Å². The van der Waals surface area contributed by atoms with E-state index in [4.69, 9.17) is 0 Å². The van der Waals surface area contributed by atoms with Crippen molar-refractivity contribution in [3.8, 4) is 0 Å². The van der Waals surface area contributed by atoms with Gasteiger partial charge in [-0.05, 0) is 38.8 Å². The van der Waals surface area contributed by atoms with E-state index in [1.807, 2.05) is 0 Å². The van der Waals surface area contributed by atoms with Gasteiger partial charge in [0, 0.05) is 6.04 Å². The number of rotatable bonds is 1. The van der Waals surface area contributed by atoms with Crippen molar-refractivity contribution in [3.63, 3.8) is 0 Å². The van der Waals surface area contributed by atoms with Crippen LogP contribution in [0, 0.1) is 0 Å². The second kappa shape index (κ2) is 2.91. The summed E-state index contributed by atoms with van der Waals surface area (Å²) in [4.78, 5) is 2.70. The first-order valence-electron chi connectivity index (χ1n) is 4.71. The van der Waals surface area contributed by atoms with Crippen molar-refractivity contribution in [2.75, 3.05) is 13.1 Å². The van der Waals surface area contributed by atoms with E-state index in [2.05, 4.69) is 4.90 Å². The summed E-state index contributed by atoms with van der Waals surface area (Å²) in [5, 5.41) is 0. The Morgan fingerprint density at radius 1 is 0.800 bits per heavy atom. The van der Waals surface area contributed by atoms with Gasteiger partial charge in [0.1, 0.15) is 0 Å².